The van der Waals surface area contributed by atoms with Gasteiger partial charge in [0.1, 0.15) is 51.9 Å². The first-order valence-electron chi connectivity index (χ1n) is 21.5. The fourth-order valence-electron chi connectivity index (χ4n) is 6.18. The maximum absolute atomic E-state index is 13.0. The third-order valence-corrected chi connectivity index (χ3v) is 9.25. The SMILES string of the molecule is CCOC(=O)c1cc(OCCCCCCCCOc2cc(C(=O)OCC)c(OCc3ccccc3)cc2C(=O)OCC)c(C(=O)OCC)cc1OCCCCCCCCO. The summed E-state index contributed by atoms with van der Waals surface area (Å²) in [7, 11) is 0. The predicted molar refractivity (Wildman–Crippen MR) is 226 cm³/mol. The fourth-order valence-corrected chi connectivity index (χ4v) is 6.18. The maximum atomic E-state index is 13.0. The second kappa shape index (κ2) is 29.0. The van der Waals surface area contributed by atoms with Crippen LogP contribution in [0.3, 0.4) is 0 Å². The minimum absolute atomic E-state index is 0.154. The zero-order chi connectivity index (χ0) is 43.4. The third kappa shape index (κ3) is 17.1. The summed E-state index contributed by atoms with van der Waals surface area (Å²) < 4.78 is 45.3. The lowest BCUT2D eigenvalue weighted by Gasteiger charge is -2.17. The molecule has 0 unspecified atom stereocenters. The Balaban J connectivity index is 1.55. The monoisotopic (exact) mass is 836 g/mol. The van der Waals surface area contributed by atoms with E-state index in [1.807, 2.05) is 30.3 Å². The number of carbonyl (C=O) groups is 4. The molecule has 0 atom stereocenters. The first-order valence-corrected chi connectivity index (χ1v) is 21.5. The van der Waals surface area contributed by atoms with Gasteiger partial charge in [-0.2, -0.15) is 0 Å². The van der Waals surface area contributed by atoms with Crippen LogP contribution in [0.4, 0.5) is 0 Å². The molecule has 13 nitrogen and oxygen atoms in total. The number of carbonyl (C=O) groups excluding carboxylic acids is 4. The zero-order valence-electron chi connectivity index (χ0n) is 35.9. The summed E-state index contributed by atoms with van der Waals surface area (Å²) in [5.74, 6) is -1.42. The predicted octanol–water partition coefficient (Wildman–Crippen LogP) is 9.48. The molecule has 0 spiro atoms. The highest BCUT2D eigenvalue weighted by atomic mass is 16.6. The summed E-state index contributed by atoms with van der Waals surface area (Å²) in [6, 6.07) is 15.5. The molecule has 3 aromatic carbocycles. The molecule has 0 radical (unpaired) electrons. The van der Waals surface area contributed by atoms with Gasteiger partial charge in [-0.1, -0.05) is 81.7 Å². The number of aliphatic hydroxyl groups is 1. The van der Waals surface area contributed by atoms with Crippen molar-refractivity contribution in [3.05, 3.63) is 82.4 Å². The molecular weight excluding hydrogens is 773 g/mol. The summed E-state index contributed by atoms with van der Waals surface area (Å²) >= 11 is 0. The summed E-state index contributed by atoms with van der Waals surface area (Å²) in [4.78, 5) is 51.8. The van der Waals surface area contributed by atoms with Crippen molar-refractivity contribution in [2.45, 2.75) is 111 Å². The van der Waals surface area contributed by atoms with Crippen molar-refractivity contribution in [1.82, 2.24) is 0 Å². The molecule has 330 valence electrons. The van der Waals surface area contributed by atoms with Crippen LogP contribution in [0.1, 0.15) is 152 Å². The second-order valence-electron chi connectivity index (χ2n) is 13.9. The highest BCUT2D eigenvalue weighted by molar-refractivity contribution is 5.99. The Kier molecular flexibility index (Phi) is 23.7. The van der Waals surface area contributed by atoms with Gasteiger partial charge in [0.05, 0.1) is 46.2 Å². The van der Waals surface area contributed by atoms with E-state index in [2.05, 4.69) is 0 Å². The molecule has 1 N–H and O–H groups in total. The van der Waals surface area contributed by atoms with Crippen molar-refractivity contribution >= 4 is 23.9 Å². The van der Waals surface area contributed by atoms with E-state index >= 15 is 0 Å². The molecule has 13 heteroatoms. The summed E-state index contributed by atoms with van der Waals surface area (Å²) in [5.41, 5.74) is 1.57. The van der Waals surface area contributed by atoms with Crippen LogP contribution in [0.2, 0.25) is 0 Å². The van der Waals surface area contributed by atoms with E-state index in [9.17, 15) is 19.2 Å². The van der Waals surface area contributed by atoms with Crippen molar-refractivity contribution in [2.75, 3.05) is 52.9 Å². The highest BCUT2D eigenvalue weighted by Crippen LogP contribution is 2.33. The van der Waals surface area contributed by atoms with Gasteiger partial charge in [-0.3, -0.25) is 0 Å². The van der Waals surface area contributed by atoms with Gasteiger partial charge in [0.2, 0.25) is 0 Å². The zero-order valence-corrected chi connectivity index (χ0v) is 35.9. The number of ether oxygens (including phenoxy) is 8. The van der Waals surface area contributed by atoms with E-state index in [1.54, 1.807) is 27.7 Å². The third-order valence-electron chi connectivity index (χ3n) is 9.25. The topological polar surface area (TPSA) is 162 Å². The van der Waals surface area contributed by atoms with Gasteiger partial charge in [0.25, 0.3) is 0 Å². The lowest BCUT2D eigenvalue weighted by atomic mass is 10.1. The Bertz CT molecular complexity index is 1740. The Morgan fingerprint density at radius 2 is 0.717 bits per heavy atom. The first kappa shape index (κ1) is 49.1. The van der Waals surface area contributed by atoms with E-state index in [1.165, 1.54) is 24.3 Å². The molecule has 3 aromatic rings. The summed E-state index contributed by atoms with van der Waals surface area (Å²) in [6.07, 6.45) is 10.5. The van der Waals surface area contributed by atoms with Gasteiger partial charge < -0.3 is 43.0 Å². The van der Waals surface area contributed by atoms with Crippen molar-refractivity contribution in [1.29, 1.82) is 0 Å². The molecule has 0 fully saturated rings. The molecule has 0 amide bonds. The lowest BCUT2D eigenvalue weighted by molar-refractivity contribution is 0.0502. The molecular formula is C47H64O13. The van der Waals surface area contributed by atoms with Crippen LogP contribution in [0.5, 0.6) is 23.0 Å². The first-order chi connectivity index (χ1) is 29.3. The smallest absolute Gasteiger partial charge is 0.342 e. The van der Waals surface area contributed by atoms with Crippen LogP contribution in [-0.2, 0) is 25.6 Å². The number of hydrogen-bond donors (Lipinski definition) is 1. The van der Waals surface area contributed by atoms with Crippen molar-refractivity contribution in [3.63, 3.8) is 0 Å². The van der Waals surface area contributed by atoms with Crippen molar-refractivity contribution < 1.29 is 62.2 Å². The van der Waals surface area contributed by atoms with Gasteiger partial charge >= 0.3 is 23.9 Å². The molecule has 0 saturated heterocycles. The number of esters is 4. The van der Waals surface area contributed by atoms with E-state index in [0.29, 0.717) is 32.7 Å². The molecule has 0 aliphatic carbocycles. The van der Waals surface area contributed by atoms with Gasteiger partial charge in [0.15, 0.2) is 0 Å². The molecule has 0 saturated carbocycles. The largest absolute Gasteiger partial charge is 0.493 e. The van der Waals surface area contributed by atoms with Crippen molar-refractivity contribution in [3.8, 4) is 23.0 Å². The van der Waals surface area contributed by atoms with Gasteiger partial charge in [-0.05, 0) is 83.2 Å². The van der Waals surface area contributed by atoms with Gasteiger partial charge in [0, 0.05) is 6.61 Å². The highest BCUT2D eigenvalue weighted by Gasteiger charge is 2.25. The Morgan fingerprint density at radius 1 is 0.417 bits per heavy atom. The van der Waals surface area contributed by atoms with Crippen LogP contribution in [-0.4, -0.2) is 81.8 Å². The van der Waals surface area contributed by atoms with Crippen LogP contribution >= 0.6 is 0 Å². The standard InChI is InChI=1S/C47H64O13/c1-5-53-44(49)36-31-41(37(45(50)54-6-2)30-40(36)57-27-21-14-10-9-13-20-26-48)58-28-22-15-11-12-16-23-29-59-42-32-39(47(52)56-8-4)43(33-38(42)46(51)55-7-3)60-34-35-24-18-17-19-25-35/h17-19,24-25,30-33,48H,5-16,20-23,26-29,34H2,1-4H3. The summed E-state index contributed by atoms with van der Waals surface area (Å²) in [5, 5.41) is 8.96. The number of aliphatic hydroxyl groups excluding tert-OH is 1. The number of hydrogen-bond acceptors (Lipinski definition) is 13. The quantitative estimate of drug-likeness (QED) is 0.0371. The molecule has 0 aliphatic heterocycles. The number of unbranched alkanes of at least 4 members (excludes halogenated alkanes) is 10. The minimum Gasteiger partial charge on any atom is -0.493 e. The fraction of sp³-hybridized carbons (Fsp3) is 0.532. The van der Waals surface area contributed by atoms with Crippen LogP contribution in [0.25, 0.3) is 0 Å². The normalized spacial score (nSPS) is 10.8. The van der Waals surface area contributed by atoms with E-state index in [0.717, 1.165) is 69.8 Å². The minimum atomic E-state index is -0.587. The lowest BCUT2D eigenvalue weighted by Crippen LogP contribution is -2.14. The Hall–Kier alpha value is -5.30. The van der Waals surface area contributed by atoms with Crippen LogP contribution in [0, 0.1) is 0 Å². The molecule has 0 bridgehead atoms. The van der Waals surface area contributed by atoms with E-state index in [4.69, 9.17) is 43.0 Å². The van der Waals surface area contributed by atoms with E-state index in [-0.39, 0.29) is 84.9 Å². The Morgan fingerprint density at radius 3 is 1.03 bits per heavy atom. The average Bonchev–Trinajstić information content (AvgIpc) is 3.25. The molecule has 3 rings (SSSR count). The van der Waals surface area contributed by atoms with Crippen LogP contribution < -0.4 is 18.9 Å². The van der Waals surface area contributed by atoms with Gasteiger partial charge in [-0.15, -0.1) is 0 Å². The number of benzene rings is 3. The maximum Gasteiger partial charge on any atom is 0.342 e. The average molecular weight is 837 g/mol. The molecule has 0 heterocycles. The number of rotatable bonds is 31. The van der Waals surface area contributed by atoms with Crippen LogP contribution in [0.15, 0.2) is 54.6 Å². The van der Waals surface area contributed by atoms with Gasteiger partial charge in [-0.25, -0.2) is 19.2 Å². The second-order valence-corrected chi connectivity index (χ2v) is 13.9. The molecule has 0 aliphatic rings. The Labute approximate surface area is 354 Å². The molecule has 60 heavy (non-hydrogen) atoms. The molecule has 0 aromatic heterocycles. The summed E-state index contributed by atoms with van der Waals surface area (Å²) in [6.45, 7) is 8.95. The van der Waals surface area contributed by atoms with Crippen molar-refractivity contribution in [2.24, 2.45) is 0 Å². The van der Waals surface area contributed by atoms with E-state index < -0.39 is 23.9 Å².